The molecule has 10 heteroatoms. The maximum absolute atomic E-state index is 13.5. The number of carbonyl (C=O) groups is 1. The standard InChI is InChI=1S/C29H23F3N4O2S/c30-29(31,32)23-11-5-12-24(17-23)36-26(16-20-7-2-1-3-8-20)34-35-28(36)39-19-21-9-4-10-22(15-21)27(37)33-18-25-13-6-14-38-25/h1-15,17H,16,18-19H2,(H,33,37). The lowest BCUT2D eigenvalue weighted by Crippen LogP contribution is -2.22. The number of halogens is 3. The number of hydrogen-bond acceptors (Lipinski definition) is 5. The predicted octanol–water partition coefficient (Wildman–Crippen LogP) is 6.69. The molecule has 0 aliphatic heterocycles. The van der Waals surface area contributed by atoms with Gasteiger partial charge in [-0.1, -0.05) is 60.3 Å². The molecule has 0 saturated carbocycles. The van der Waals surface area contributed by atoms with E-state index in [1.807, 2.05) is 36.4 Å². The van der Waals surface area contributed by atoms with Crippen molar-refractivity contribution in [1.29, 1.82) is 0 Å². The maximum Gasteiger partial charge on any atom is 0.416 e. The number of hydrogen-bond donors (Lipinski definition) is 1. The van der Waals surface area contributed by atoms with Gasteiger partial charge in [0.1, 0.15) is 11.6 Å². The topological polar surface area (TPSA) is 73.0 Å². The minimum atomic E-state index is -4.48. The molecule has 3 aromatic carbocycles. The van der Waals surface area contributed by atoms with Gasteiger partial charge in [-0.25, -0.2) is 0 Å². The van der Waals surface area contributed by atoms with Crippen LogP contribution in [0.15, 0.2) is 107 Å². The first kappa shape index (κ1) is 26.3. The van der Waals surface area contributed by atoms with E-state index < -0.39 is 11.7 Å². The molecular formula is C29H23F3N4O2S. The van der Waals surface area contributed by atoms with Gasteiger partial charge in [-0.2, -0.15) is 13.2 Å². The summed E-state index contributed by atoms with van der Waals surface area (Å²) >= 11 is 1.33. The van der Waals surface area contributed by atoms with Crippen LogP contribution in [0.5, 0.6) is 0 Å². The van der Waals surface area contributed by atoms with E-state index in [4.69, 9.17) is 4.42 Å². The van der Waals surface area contributed by atoms with Gasteiger partial charge in [-0.15, -0.1) is 10.2 Å². The second-order valence-corrected chi connectivity index (χ2v) is 9.64. The first-order valence-corrected chi connectivity index (χ1v) is 13.0. The average Bonchev–Trinajstić information content (AvgIpc) is 3.61. The van der Waals surface area contributed by atoms with Crippen molar-refractivity contribution in [3.63, 3.8) is 0 Å². The molecular weight excluding hydrogens is 525 g/mol. The van der Waals surface area contributed by atoms with Crippen LogP contribution in [-0.4, -0.2) is 20.7 Å². The van der Waals surface area contributed by atoms with Gasteiger partial charge >= 0.3 is 6.18 Å². The summed E-state index contributed by atoms with van der Waals surface area (Å²) in [6.07, 6.45) is -2.53. The Morgan fingerprint density at radius 3 is 2.46 bits per heavy atom. The summed E-state index contributed by atoms with van der Waals surface area (Å²) in [7, 11) is 0. The minimum Gasteiger partial charge on any atom is -0.467 e. The molecule has 1 amide bonds. The Morgan fingerprint density at radius 1 is 0.897 bits per heavy atom. The molecule has 0 radical (unpaired) electrons. The quantitative estimate of drug-likeness (QED) is 0.208. The number of alkyl halides is 3. The third-order valence-corrected chi connectivity index (χ3v) is 6.90. The van der Waals surface area contributed by atoms with E-state index in [9.17, 15) is 18.0 Å². The minimum absolute atomic E-state index is 0.240. The summed E-state index contributed by atoms with van der Waals surface area (Å²) in [6, 6.07) is 25.4. The van der Waals surface area contributed by atoms with E-state index >= 15 is 0 Å². The summed E-state index contributed by atoms with van der Waals surface area (Å²) in [6.45, 7) is 0.273. The largest absolute Gasteiger partial charge is 0.467 e. The molecule has 1 N–H and O–H groups in total. The molecule has 2 heterocycles. The van der Waals surface area contributed by atoms with Crippen LogP contribution in [0.2, 0.25) is 0 Å². The van der Waals surface area contributed by atoms with Crippen LogP contribution >= 0.6 is 11.8 Å². The van der Waals surface area contributed by atoms with Gasteiger partial charge in [0, 0.05) is 17.7 Å². The van der Waals surface area contributed by atoms with E-state index in [2.05, 4.69) is 15.5 Å². The zero-order valence-electron chi connectivity index (χ0n) is 20.6. The second-order valence-electron chi connectivity index (χ2n) is 8.70. The van der Waals surface area contributed by atoms with E-state index in [1.54, 1.807) is 47.2 Å². The lowest BCUT2D eigenvalue weighted by Gasteiger charge is -2.13. The summed E-state index contributed by atoms with van der Waals surface area (Å²) in [5, 5.41) is 11.9. The number of thioether (sulfide) groups is 1. The van der Waals surface area contributed by atoms with E-state index in [-0.39, 0.29) is 12.5 Å². The smallest absolute Gasteiger partial charge is 0.416 e. The Kier molecular flexibility index (Phi) is 7.83. The lowest BCUT2D eigenvalue weighted by molar-refractivity contribution is -0.137. The molecule has 0 spiro atoms. The predicted molar refractivity (Wildman–Crippen MR) is 141 cm³/mol. The first-order valence-electron chi connectivity index (χ1n) is 12.0. The Labute approximate surface area is 226 Å². The van der Waals surface area contributed by atoms with E-state index in [0.29, 0.717) is 40.2 Å². The molecule has 0 fully saturated rings. The number of furan rings is 1. The van der Waals surface area contributed by atoms with Gasteiger partial charge in [-0.3, -0.25) is 9.36 Å². The van der Waals surface area contributed by atoms with Crippen LogP contribution in [-0.2, 0) is 24.9 Å². The molecule has 0 atom stereocenters. The van der Waals surface area contributed by atoms with E-state index in [0.717, 1.165) is 23.3 Å². The van der Waals surface area contributed by atoms with Gasteiger partial charge in [-0.05, 0) is 53.6 Å². The Morgan fingerprint density at radius 2 is 1.69 bits per heavy atom. The Hall–Kier alpha value is -4.31. The highest BCUT2D eigenvalue weighted by Gasteiger charge is 2.31. The number of carbonyl (C=O) groups excluding carboxylic acids is 1. The highest BCUT2D eigenvalue weighted by atomic mass is 32.2. The van der Waals surface area contributed by atoms with Crippen LogP contribution in [0.25, 0.3) is 5.69 Å². The molecule has 0 aliphatic carbocycles. The van der Waals surface area contributed by atoms with Crippen molar-refractivity contribution in [2.75, 3.05) is 0 Å². The summed E-state index contributed by atoms with van der Waals surface area (Å²) in [5.41, 5.74) is 1.89. The number of nitrogens with zero attached hydrogens (tertiary/aromatic N) is 3. The molecule has 2 aromatic heterocycles. The van der Waals surface area contributed by atoms with Crippen molar-refractivity contribution in [3.8, 4) is 5.69 Å². The highest BCUT2D eigenvalue weighted by Crippen LogP contribution is 2.32. The van der Waals surface area contributed by atoms with Gasteiger partial charge in [0.15, 0.2) is 5.16 Å². The molecule has 0 unspecified atom stereocenters. The van der Waals surface area contributed by atoms with Gasteiger partial charge in [0.25, 0.3) is 5.91 Å². The fourth-order valence-electron chi connectivity index (χ4n) is 4.00. The number of benzene rings is 3. The Bertz CT molecular complexity index is 1550. The monoisotopic (exact) mass is 548 g/mol. The van der Waals surface area contributed by atoms with Gasteiger partial charge < -0.3 is 9.73 Å². The number of nitrogens with one attached hydrogen (secondary N) is 1. The number of amides is 1. The maximum atomic E-state index is 13.5. The van der Waals surface area contributed by atoms with Crippen molar-refractivity contribution in [3.05, 3.63) is 131 Å². The van der Waals surface area contributed by atoms with Crippen molar-refractivity contribution >= 4 is 17.7 Å². The van der Waals surface area contributed by atoms with Crippen molar-refractivity contribution in [2.24, 2.45) is 0 Å². The molecule has 198 valence electrons. The van der Waals surface area contributed by atoms with Crippen molar-refractivity contribution in [1.82, 2.24) is 20.1 Å². The van der Waals surface area contributed by atoms with Crippen LogP contribution in [0.4, 0.5) is 13.2 Å². The van der Waals surface area contributed by atoms with Gasteiger partial charge in [0.2, 0.25) is 0 Å². The molecule has 5 rings (SSSR count). The average molecular weight is 549 g/mol. The third kappa shape index (κ3) is 6.58. The first-order chi connectivity index (χ1) is 18.9. The molecule has 5 aromatic rings. The van der Waals surface area contributed by atoms with Crippen LogP contribution in [0.1, 0.15) is 38.6 Å². The summed E-state index contributed by atoms with van der Waals surface area (Å²) in [4.78, 5) is 12.6. The second kappa shape index (κ2) is 11.6. The third-order valence-electron chi connectivity index (χ3n) is 5.90. The van der Waals surface area contributed by atoms with Gasteiger partial charge in [0.05, 0.1) is 24.1 Å². The van der Waals surface area contributed by atoms with Crippen LogP contribution < -0.4 is 5.32 Å². The van der Waals surface area contributed by atoms with Crippen molar-refractivity contribution < 1.29 is 22.4 Å². The van der Waals surface area contributed by atoms with E-state index in [1.165, 1.54) is 17.8 Å². The molecule has 39 heavy (non-hydrogen) atoms. The fraction of sp³-hybridized carbons (Fsp3) is 0.138. The zero-order valence-corrected chi connectivity index (χ0v) is 21.4. The lowest BCUT2D eigenvalue weighted by atomic mass is 10.1. The highest BCUT2D eigenvalue weighted by molar-refractivity contribution is 7.98. The van der Waals surface area contributed by atoms with Crippen molar-refractivity contribution in [2.45, 2.75) is 30.1 Å². The number of rotatable bonds is 9. The summed E-state index contributed by atoms with van der Waals surface area (Å²) in [5.74, 6) is 1.36. The molecule has 0 aliphatic rings. The molecule has 0 saturated heterocycles. The van der Waals surface area contributed by atoms with Crippen LogP contribution in [0.3, 0.4) is 0 Å². The zero-order chi connectivity index (χ0) is 27.2. The Balaban J connectivity index is 1.38. The SMILES string of the molecule is O=C(NCc1ccco1)c1cccc(CSc2nnc(Cc3ccccc3)n2-c2cccc(C(F)(F)F)c2)c1. The summed E-state index contributed by atoms with van der Waals surface area (Å²) < 4.78 is 47.4. The van der Waals surface area contributed by atoms with Crippen LogP contribution in [0, 0.1) is 0 Å². The fourth-order valence-corrected chi connectivity index (χ4v) is 4.91. The normalized spacial score (nSPS) is 11.5. The molecule has 0 bridgehead atoms. The molecule has 6 nitrogen and oxygen atoms in total. The number of aromatic nitrogens is 3.